The molecule has 2 aromatic rings. The molecule has 0 fully saturated rings. The van der Waals surface area contributed by atoms with Crippen molar-refractivity contribution < 1.29 is 0 Å². The van der Waals surface area contributed by atoms with Gasteiger partial charge in [-0.25, -0.2) is 0 Å². The highest BCUT2D eigenvalue weighted by atomic mass is 35.5. The van der Waals surface area contributed by atoms with Crippen LogP contribution in [-0.4, -0.2) is 21.3 Å². The molecule has 1 aliphatic rings. The standard InChI is InChI=1S/C12H14N4.2ClH/c1-9-11-8-13-6-7-16(11)15-12(9)10-4-2-3-5-14-10;;/h2-5,13H,6-8H2,1H3;2*1H. The molecule has 0 aromatic carbocycles. The minimum absolute atomic E-state index is 0. The average molecular weight is 287 g/mol. The lowest BCUT2D eigenvalue weighted by atomic mass is 10.1. The first-order valence-electron chi connectivity index (χ1n) is 5.54. The first-order valence-corrected chi connectivity index (χ1v) is 5.54. The first-order chi connectivity index (χ1) is 7.86. The summed E-state index contributed by atoms with van der Waals surface area (Å²) < 4.78 is 2.09. The number of nitrogens with zero attached hydrogens (tertiary/aromatic N) is 3. The maximum atomic E-state index is 4.63. The maximum absolute atomic E-state index is 4.63. The molecule has 4 nitrogen and oxygen atoms in total. The number of halogens is 2. The second-order valence-corrected chi connectivity index (χ2v) is 4.04. The van der Waals surface area contributed by atoms with Crippen molar-refractivity contribution in [2.45, 2.75) is 20.0 Å². The zero-order chi connectivity index (χ0) is 11.0. The summed E-state index contributed by atoms with van der Waals surface area (Å²) in [5.41, 5.74) is 4.50. The summed E-state index contributed by atoms with van der Waals surface area (Å²) in [6, 6.07) is 5.93. The van der Waals surface area contributed by atoms with E-state index in [9.17, 15) is 0 Å². The zero-order valence-corrected chi connectivity index (χ0v) is 11.7. The Kier molecular flexibility index (Phi) is 5.14. The number of hydrogen-bond acceptors (Lipinski definition) is 3. The summed E-state index contributed by atoms with van der Waals surface area (Å²) in [6.45, 7) is 4.97. The minimum atomic E-state index is 0. The van der Waals surface area contributed by atoms with E-state index in [-0.39, 0.29) is 24.8 Å². The summed E-state index contributed by atoms with van der Waals surface area (Å²) in [7, 11) is 0. The van der Waals surface area contributed by atoms with Crippen molar-refractivity contribution in [3.05, 3.63) is 35.7 Å². The Morgan fingerprint density at radius 1 is 1.28 bits per heavy atom. The lowest BCUT2D eigenvalue weighted by Gasteiger charge is -2.14. The van der Waals surface area contributed by atoms with Crippen LogP contribution in [0.5, 0.6) is 0 Å². The van der Waals surface area contributed by atoms with E-state index in [1.165, 1.54) is 11.3 Å². The predicted molar refractivity (Wildman–Crippen MR) is 76.4 cm³/mol. The van der Waals surface area contributed by atoms with Crippen LogP contribution in [0.25, 0.3) is 11.4 Å². The Hall–Kier alpha value is -1.10. The molecule has 0 amide bonds. The van der Waals surface area contributed by atoms with Gasteiger partial charge >= 0.3 is 0 Å². The van der Waals surface area contributed by atoms with E-state index in [2.05, 4.69) is 27.0 Å². The van der Waals surface area contributed by atoms with Gasteiger partial charge in [-0.15, -0.1) is 24.8 Å². The van der Waals surface area contributed by atoms with Crippen molar-refractivity contribution in [2.75, 3.05) is 6.54 Å². The number of nitrogens with one attached hydrogen (secondary N) is 1. The molecule has 0 bridgehead atoms. The van der Waals surface area contributed by atoms with Crippen molar-refractivity contribution in [2.24, 2.45) is 0 Å². The van der Waals surface area contributed by atoms with Gasteiger partial charge in [0, 0.05) is 24.8 Å². The molecule has 1 aliphatic heterocycles. The molecule has 1 N–H and O–H groups in total. The second-order valence-electron chi connectivity index (χ2n) is 4.04. The SMILES string of the molecule is Cc1c(-c2ccccn2)nn2c1CNCC2.Cl.Cl. The second kappa shape index (κ2) is 6.18. The molecule has 0 saturated heterocycles. The van der Waals surface area contributed by atoms with Gasteiger partial charge in [-0.1, -0.05) is 6.07 Å². The van der Waals surface area contributed by atoms with E-state index in [0.717, 1.165) is 31.0 Å². The number of hydrogen-bond donors (Lipinski definition) is 1. The normalized spacial score (nSPS) is 13.2. The van der Waals surface area contributed by atoms with Crippen LogP contribution in [0.2, 0.25) is 0 Å². The number of rotatable bonds is 1. The van der Waals surface area contributed by atoms with E-state index < -0.39 is 0 Å². The molecule has 0 saturated carbocycles. The third kappa shape index (κ3) is 2.51. The van der Waals surface area contributed by atoms with Gasteiger partial charge in [0.15, 0.2) is 0 Å². The van der Waals surface area contributed by atoms with Gasteiger partial charge in [0.1, 0.15) is 5.69 Å². The minimum Gasteiger partial charge on any atom is -0.309 e. The molecule has 3 heterocycles. The Morgan fingerprint density at radius 2 is 2.11 bits per heavy atom. The van der Waals surface area contributed by atoms with E-state index in [1.807, 2.05) is 24.4 Å². The molecule has 0 radical (unpaired) electrons. The van der Waals surface area contributed by atoms with Crippen LogP contribution in [0.1, 0.15) is 11.3 Å². The zero-order valence-electron chi connectivity index (χ0n) is 10.1. The molecule has 0 spiro atoms. The van der Waals surface area contributed by atoms with Gasteiger partial charge in [-0.3, -0.25) is 9.67 Å². The van der Waals surface area contributed by atoms with E-state index in [1.54, 1.807) is 0 Å². The van der Waals surface area contributed by atoms with Crippen LogP contribution in [0.15, 0.2) is 24.4 Å². The number of aromatic nitrogens is 3. The molecular weight excluding hydrogens is 271 g/mol. The van der Waals surface area contributed by atoms with Crippen LogP contribution in [0, 0.1) is 6.92 Å². The van der Waals surface area contributed by atoms with E-state index >= 15 is 0 Å². The predicted octanol–water partition coefficient (Wildman–Crippen LogP) is 2.20. The number of fused-ring (bicyclic) bond motifs is 1. The summed E-state index contributed by atoms with van der Waals surface area (Å²) in [4.78, 5) is 4.36. The molecule has 0 atom stereocenters. The van der Waals surface area contributed by atoms with Crippen molar-refractivity contribution in [3.8, 4) is 11.4 Å². The summed E-state index contributed by atoms with van der Waals surface area (Å²) >= 11 is 0. The Morgan fingerprint density at radius 3 is 2.78 bits per heavy atom. The quantitative estimate of drug-likeness (QED) is 0.874. The fourth-order valence-corrected chi connectivity index (χ4v) is 2.13. The summed E-state index contributed by atoms with van der Waals surface area (Å²) in [5.74, 6) is 0. The van der Waals surface area contributed by atoms with E-state index in [4.69, 9.17) is 0 Å². The third-order valence-corrected chi connectivity index (χ3v) is 3.02. The summed E-state index contributed by atoms with van der Waals surface area (Å²) in [6.07, 6.45) is 1.81. The molecule has 18 heavy (non-hydrogen) atoms. The van der Waals surface area contributed by atoms with Gasteiger partial charge in [-0.05, 0) is 19.1 Å². The number of pyridine rings is 1. The van der Waals surface area contributed by atoms with Crippen molar-refractivity contribution in [3.63, 3.8) is 0 Å². The smallest absolute Gasteiger partial charge is 0.114 e. The van der Waals surface area contributed by atoms with Crippen molar-refractivity contribution >= 4 is 24.8 Å². The van der Waals surface area contributed by atoms with Crippen LogP contribution in [0.4, 0.5) is 0 Å². The molecule has 0 aliphatic carbocycles. The molecule has 2 aromatic heterocycles. The van der Waals surface area contributed by atoms with Crippen LogP contribution in [-0.2, 0) is 13.1 Å². The molecule has 98 valence electrons. The monoisotopic (exact) mass is 286 g/mol. The Bertz CT molecular complexity index is 510. The highest BCUT2D eigenvalue weighted by molar-refractivity contribution is 5.85. The van der Waals surface area contributed by atoms with Gasteiger partial charge in [0.05, 0.1) is 17.9 Å². The van der Waals surface area contributed by atoms with Gasteiger partial charge < -0.3 is 5.32 Å². The van der Waals surface area contributed by atoms with Gasteiger partial charge in [-0.2, -0.15) is 5.10 Å². The maximum Gasteiger partial charge on any atom is 0.114 e. The van der Waals surface area contributed by atoms with Crippen LogP contribution in [0.3, 0.4) is 0 Å². The summed E-state index contributed by atoms with van der Waals surface area (Å²) in [5, 5.41) is 8.00. The Balaban J connectivity index is 0.000000810. The Labute approximate surface area is 119 Å². The molecule has 3 rings (SSSR count). The fourth-order valence-electron chi connectivity index (χ4n) is 2.13. The topological polar surface area (TPSA) is 42.7 Å². The average Bonchev–Trinajstić information content (AvgIpc) is 2.69. The largest absolute Gasteiger partial charge is 0.309 e. The van der Waals surface area contributed by atoms with E-state index in [0.29, 0.717) is 0 Å². The van der Waals surface area contributed by atoms with Crippen LogP contribution < -0.4 is 5.32 Å². The van der Waals surface area contributed by atoms with Crippen LogP contribution >= 0.6 is 24.8 Å². The highest BCUT2D eigenvalue weighted by Gasteiger charge is 2.18. The van der Waals surface area contributed by atoms with Crippen molar-refractivity contribution in [1.82, 2.24) is 20.1 Å². The lowest BCUT2D eigenvalue weighted by molar-refractivity contribution is 0.475. The molecule has 0 unspecified atom stereocenters. The van der Waals surface area contributed by atoms with Crippen molar-refractivity contribution in [1.29, 1.82) is 0 Å². The van der Waals surface area contributed by atoms with Gasteiger partial charge in [0.25, 0.3) is 0 Å². The molecular formula is C12H16Cl2N4. The van der Waals surface area contributed by atoms with Gasteiger partial charge in [0.2, 0.25) is 0 Å². The lowest BCUT2D eigenvalue weighted by Crippen LogP contribution is -2.28. The third-order valence-electron chi connectivity index (χ3n) is 3.02. The molecule has 6 heteroatoms. The highest BCUT2D eigenvalue weighted by Crippen LogP contribution is 2.23. The fraction of sp³-hybridized carbons (Fsp3) is 0.333. The first kappa shape index (κ1) is 15.0.